The van der Waals surface area contributed by atoms with Crippen LogP contribution in [-0.2, 0) is 34.0 Å². The van der Waals surface area contributed by atoms with Crippen LogP contribution in [0.25, 0.3) is 11.1 Å². The molecule has 4 aromatic carbocycles. The molecular formula is C41H38O8. The van der Waals surface area contributed by atoms with Crippen molar-refractivity contribution < 1.29 is 38.1 Å². The molecule has 1 unspecified atom stereocenters. The maximum absolute atomic E-state index is 12.3. The highest BCUT2D eigenvalue weighted by Crippen LogP contribution is 2.56. The summed E-state index contributed by atoms with van der Waals surface area (Å²) in [6.45, 7) is 15.0. The van der Waals surface area contributed by atoms with Crippen LogP contribution in [-0.4, -0.2) is 44.0 Å². The van der Waals surface area contributed by atoms with Crippen LogP contribution in [0.4, 0.5) is 0 Å². The third kappa shape index (κ3) is 7.33. The van der Waals surface area contributed by atoms with Gasteiger partial charge in [-0.2, -0.15) is 0 Å². The lowest BCUT2D eigenvalue weighted by molar-refractivity contribution is -0.155. The molecule has 0 saturated carbocycles. The van der Waals surface area contributed by atoms with E-state index < -0.39 is 29.4 Å². The maximum Gasteiger partial charge on any atom is 0.335 e. The zero-order chi connectivity index (χ0) is 35.1. The van der Waals surface area contributed by atoms with Crippen molar-refractivity contribution in [1.82, 2.24) is 0 Å². The molecule has 0 fully saturated rings. The van der Waals surface area contributed by atoms with Crippen LogP contribution in [0.1, 0.15) is 43.0 Å². The van der Waals surface area contributed by atoms with Crippen molar-refractivity contribution in [3.63, 3.8) is 0 Å². The molecular weight excluding hydrogens is 620 g/mol. The Balaban J connectivity index is 1.46. The van der Waals surface area contributed by atoms with Gasteiger partial charge < -0.3 is 23.7 Å². The average molecular weight is 659 g/mol. The zero-order valence-electron chi connectivity index (χ0n) is 27.8. The van der Waals surface area contributed by atoms with E-state index in [9.17, 15) is 14.4 Å². The summed E-state index contributed by atoms with van der Waals surface area (Å²) in [6, 6.07) is 32.2. The molecule has 0 N–H and O–H groups in total. The number of fused-ring (bicyclic) bond motifs is 3. The average Bonchev–Trinajstić information content (AvgIpc) is 3.40. The van der Waals surface area contributed by atoms with Crippen molar-refractivity contribution in [3.05, 3.63) is 156 Å². The lowest BCUT2D eigenvalue weighted by Gasteiger charge is -2.34. The fourth-order valence-electron chi connectivity index (χ4n) is 5.75. The van der Waals surface area contributed by atoms with Gasteiger partial charge in [0, 0.05) is 16.7 Å². The summed E-state index contributed by atoms with van der Waals surface area (Å²) in [5.74, 6) is -0.632. The number of rotatable bonds is 14. The summed E-state index contributed by atoms with van der Waals surface area (Å²) in [7, 11) is 0. The van der Waals surface area contributed by atoms with E-state index in [0.717, 1.165) is 33.4 Å². The summed E-state index contributed by atoms with van der Waals surface area (Å²) >= 11 is 0. The van der Waals surface area contributed by atoms with Crippen LogP contribution in [0.2, 0.25) is 0 Å². The van der Waals surface area contributed by atoms with Crippen molar-refractivity contribution in [2.45, 2.75) is 32.3 Å². The second-order valence-corrected chi connectivity index (χ2v) is 11.9. The summed E-state index contributed by atoms with van der Waals surface area (Å²) < 4.78 is 27.5. The predicted molar refractivity (Wildman–Crippen MR) is 186 cm³/mol. The second kappa shape index (κ2) is 14.9. The molecule has 1 aliphatic rings. The van der Waals surface area contributed by atoms with E-state index in [0.29, 0.717) is 17.1 Å². The van der Waals surface area contributed by atoms with Crippen molar-refractivity contribution in [3.8, 4) is 22.6 Å². The smallest absolute Gasteiger partial charge is 0.335 e. The maximum atomic E-state index is 12.3. The number of hydrogen-bond acceptors (Lipinski definition) is 8. The largest absolute Gasteiger partial charge is 0.490 e. The number of hydrogen-bond donors (Lipinski definition) is 0. The fourth-order valence-corrected chi connectivity index (χ4v) is 5.75. The summed E-state index contributed by atoms with van der Waals surface area (Å²) in [5, 5.41) is 0. The van der Waals surface area contributed by atoms with Gasteiger partial charge in [0.2, 0.25) is 6.79 Å². The Morgan fingerprint density at radius 3 is 1.51 bits per heavy atom. The molecule has 4 aromatic rings. The number of esters is 3. The van der Waals surface area contributed by atoms with Crippen molar-refractivity contribution >= 4 is 17.9 Å². The van der Waals surface area contributed by atoms with Crippen LogP contribution in [0, 0.1) is 0 Å². The van der Waals surface area contributed by atoms with Gasteiger partial charge in [-0.3, -0.25) is 0 Å². The van der Waals surface area contributed by atoms with Gasteiger partial charge in [-0.1, -0.05) is 92.5 Å². The van der Waals surface area contributed by atoms with E-state index in [1.54, 1.807) is 6.92 Å². The van der Waals surface area contributed by atoms with Crippen molar-refractivity contribution in [1.29, 1.82) is 0 Å². The Labute approximate surface area is 286 Å². The van der Waals surface area contributed by atoms with Gasteiger partial charge >= 0.3 is 17.9 Å². The number of carbonyl (C=O) groups excluding carboxylic acids is 3. The minimum atomic E-state index is -0.864. The first-order valence-electron chi connectivity index (χ1n) is 15.7. The van der Waals surface area contributed by atoms with Gasteiger partial charge in [-0.15, -0.1) is 0 Å². The molecule has 5 rings (SSSR count). The van der Waals surface area contributed by atoms with Gasteiger partial charge in [0.05, 0.1) is 5.41 Å². The Morgan fingerprint density at radius 2 is 1.02 bits per heavy atom. The summed E-state index contributed by atoms with van der Waals surface area (Å²) in [5.41, 5.74) is 6.61. The van der Waals surface area contributed by atoms with E-state index in [2.05, 4.69) is 44.0 Å². The third-order valence-electron chi connectivity index (χ3n) is 8.10. The minimum absolute atomic E-state index is 0.0538. The molecule has 0 bridgehead atoms. The molecule has 8 heteroatoms. The van der Waals surface area contributed by atoms with Gasteiger partial charge in [-0.05, 0) is 78.4 Å². The van der Waals surface area contributed by atoms with Crippen LogP contribution >= 0.6 is 0 Å². The quantitative estimate of drug-likeness (QED) is 0.0524. The van der Waals surface area contributed by atoms with E-state index in [4.69, 9.17) is 23.7 Å². The molecule has 250 valence electrons. The fraction of sp³-hybridized carbons (Fsp3) is 0.195. The molecule has 0 saturated heterocycles. The number of carbonyl (C=O) groups is 3. The van der Waals surface area contributed by atoms with Crippen LogP contribution in [0.15, 0.2) is 134 Å². The predicted octanol–water partition coefficient (Wildman–Crippen LogP) is 7.49. The second-order valence-electron chi connectivity index (χ2n) is 11.9. The molecule has 0 amide bonds. The van der Waals surface area contributed by atoms with Crippen molar-refractivity contribution in [2.24, 2.45) is 0 Å². The molecule has 1 atom stereocenters. The Bertz CT molecular complexity index is 1860. The van der Waals surface area contributed by atoms with Gasteiger partial charge in [0.1, 0.15) is 24.7 Å². The number of benzene rings is 4. The molecule has 1 aliphatic carbocycles. The van der Waals surface area contributed by atoms with E-state index in [1.807, 2.05) is 72.8 Å². The summed E-state index contributed by atoms with van der Waals surface area (Å²) in [4.78, 5) is 36.0. The molecule has 0 aliphatic heterocycles. The lowest BCUT2D eigenvalue weighted by Crippen LogP contribution is -2.31. The molecule has 0 heterocycles. The van der Waals surface area contributed by atoms with Crippen LogP contribution < -0.4 is 9.47 Å². The third-order valence-corrected chi connectivity index (χ3v) is 8.10. The molecule has 0 spiro atoms. The first-order chi connectivity index (χ1) is 23.5. The standard InChI is InChI=1S/C41H38O8/c1-26(2)38(42)46-24-33(49-40(44)28(5)6)23-45-31-19-15-29(16-20-31)41(30-17-21-32(22-18-30)47-25-48-39(43)27(3)4)36-13-9-7-11-34(36)35-12-8-10-14-37(35)41/h7-22,33H,1,3,5,23-25H2,2,4,6H3. The normalized spacial score (nSPS) is 12.8. The zero-order valence-corrected chi connectivity index (χ0v) is 27.8. The highest BCUT2D eigenvalue weighted by molar-refractivity contribution is 5.88. The van der Waals surface area contributed by atoms with Gasteiger partial charge in [0.15, 0.2) is 6.10 Å². The highest BCUT2D eigenvalue weighted by Gasteiger charge is 2.45. The molecule has 0 aromatic heterocycles. The Morgan fingerprint density at radius 1 is 0.571 bits per heavy atom. The Kier molecular flexibility index (Phi) is 10.5. The highest BCUT2D eigenvalue weighted by atomic mass is 16.7. The van der Waals surface area contributed by atoms with E-state index in [-0.39, 0.29) is 31.2 Å². The van der Waals surface area contributed by atoms with E-state index in [1.165, 1.54) is 13.8 Å². The van der Waals surface area contributed by atoms with Gasteiger partial charge in [-0.25, -0.2) is 14.4 Å². The monoisotopic (exact) mass is 658 g/mol. The topological polar surface area (TPSA) is 97.4 Å². The van der Waals surface area contributed by atoms with Crippen LogP contribution in [0.3, 0.4) is 0 Å². The van der Waals surface area contributed by atoms with Gasteiger partial charge in [0.25, 0.3) is 0 Å². The first kappa shape index (κ1) is 34.4. The molecule has 8 nitrogen and oxygen atoms in total. The molecule has 49 heavy (non-hydrogen) atoms. The lowest BCUT2D eigenvalue weighted by atomic mass is 9.68. The minimum Gasteiger partial charge on any atom is -0.490 e. The van der Waals surface area contributed by atoms with Crippen LogP contribution in [0.5, 0.6) is 11.5 Å². The molecule has 0 radical (unpaired) electrons. The van der Waals surface area contributed by atoms with Crippen molar-refractivity contribution in [2.75, 3.05) is 20.0 Å². The summed E-state index contributed by atoms with van der Waals surface area (Å²) in [6.07, 6.45) is -0.864. The SMILES string of the molecule is C=C(C)C(=O)OCOc1ccc(C2(c3ccc(OCC(COC(=O)C(=C)C)OC(=O)C(=C)C)cc3)c3ccccc3-c3ccccc32)cc1. The Hall–Kier alpha value is -5.89. The first-order valence-corrected chi connectivity index (χ1v) is 15.7. The number of ether oxygens (including phenoxy) is 5. The van der Waals surface area contributed by atoms with E-state index >= 15 is 0 Å².